The number of carbonyl (C=O) groups is 2. The number of hydrogen-bond donors (Lipinski definition) is 4. The molecule has 1 aromatic heterocycles. The van der Waals surface area contributed by atoms with Crippen molar-refractivity contribution in [1.82, 2.24) is 20.6 Å². The monoisotopic (exact) mass is 252 g/mol. The maximum absolute atomic E-state index is 11.8. The Bertz CT molecular complexity index is 412. The van der Waals surface area contributed by atoms with Crippen LogP contribution in [0.4, 0.5) is 0 Å². The summed E-state index contributed by atoms with van der Waals surface area (Å²) in [6.07, 6.45) is 4.00. The first-order valence-electron chi connectivity index (χ1n) is 5.88. The molecule has 0 bridgehead atoms. The zero-order valence-electron chi connectivity index (χ0n) is 9.85. The van der Waals surface area contributed by atoms with Gasteiger partial charge in [-0.05, 0) is 13.0 Å². The molecule has 2 rings (SSSR count). The molecule has 1 fully saturated rings. The minimum absolute atomic E-state index is 0.131. The Balaban J connectivity index is 1.93. The van der Waals surface area contributed by atoms with Gasteiger partial charge >= 0.3 is 5.97 Å². The molecule has 98 valence electrons. The smallest absolute Gasteiger partial charge is 0.326 e. The summed E-state index contributed by atoms with van der Waals surface area (Å²) in [4.78, 5) is 29.6. The van der Waals surface area contributed by atoms with E-state index >= 15 is 0 Å². The highest BCUT2D eigenvalue weighted by Gasteiger charge is 2.27. The molecule has 1 aromatic rings. The van der Waals surface area contributed by atoms with E-state index in [0.717, 1.165) is 13.0 Å². The van der Waals surface area contributed by atoms with Crippen LogP contribution >= 0.6 is 0 Å². The van der Waals surface area contributed by atoms with Gasteiger partial charge < -0.3 is 20.7 Å². The first kappa shape index (κ1) is 12.6. The third-order valence-electron chi connectivity index (χ3n) is 3.02. The third-order valence-corrected chi connectivity index (χ3v) is 3.02. The second-order valence-electron chi connectivity index (χ2n) is 4.37. The van der Waals surface area contributed by atoms with Crippen LogP contribution in [-0.4, -0.2) is 46.1 Å². The Morgan fingerprint density at radius 2 is 2.44 bits per heavy atom. The van der Waals surface area contributed by atoms with Crippen LogP contribution in [0.15, 0.2) is 12.5 Å². The summed E-state index contributed by atoms with van der Waals surface area (Å²) < 4.78 is 0. The molecule has 1 saturated heterocycles. The summed E-state index contributed by atoms with van der Waals surface area (Å²) in [5.41, 5.74) is 0.687. The van der Waals surface area contributed by atoms with Crippen LogP contribution in [0.3, 0.4) is 0 Å². The quantitative estimate of drug-likeness (QED) is 0.545. The van der Waals surface area contributed by atoms with Crippen LogP contribution in [0.5, 0.6) is 0 Å². The summed E-state index contributed by atoms with van der Waals surface area (Å²) in [7, 11) is 0. The van der Waals surface area contributed by atoms with E-state index < -0.39 is 12.0 Å². The van der Waals surface area contributed by atoms with Gasteiger partial charge in [-0.15, -0.1) is 0 Å². The molecule has 7 nitrogen and oxygen atoms in total. The Morgan fingerprint density at radius 1 is 1.61 bits per heavy atom. The Kier molecular flexibility index (Phi) is 3.93. The molecule has 1 amide bonds. The van der Waals surface area contributed by atoms with Gasteiger partial charge in [0, 0.05) is 24.9 Å². The first-order valence-corrected chi connectivity index (χ1v) is 5.88. The lowest BCUT2D eigenvalue weighted by Gasteiger charge is -2.16. The van der Waals surface area contributed by atoms with Crippen LogP contribution in [0.2, 0.25) is 0 Å². The number of H-pyrrole nitrogens is 1. The number of carboxylic acid groups (broad SMARTS) is 1. The van der Waals surface area contributed by atoms with E-state index in [1.807, 2.05) is 0 Å². The normalized spacial score (nSPS) is 20.6. The van der Waals surface area contributed by atoms with Crippen LogP contribution < -0.4 is 10.6 Å². The molecule has 0 aromatic carbocycles. The van der Waals surface area contributed by atoms with Crippen molar-refractivity contribution in [2.24, 2.45) is 5.92 Å². The predicted molar refractivity (Wildman–Crippen MR) is 62.8 cm³/mol. The number of rotatable bonds is 5. The van der Waals surface area contributed by atoms with Crippen molar-refractivity contribution in [3.05, 3.63) is 18.2 Å². The number of nitrogens with zero attached hydrogens (tertiary/aromatic N) is 1. The molecule has 2 heterocycles. The maximum Gasteiger partial charge on any atom is 0.326 e. The zero-order valence-corrected chi connectivity index (χ0v) is 9.85. The van der Waals surface area contributed by atoms with Crippen molar-refractivity contribution in [3.63, 3.8) is 0 Å². The standard InChI is InChI=1S/C11H16N4O3/c16-10(7-1-2-12-4-7)15-9(11(17)18)3-8-5-13-6-14-8/h5-7,9,12H,1-4H2,(H,13,14)(H,15,16)(H,17,18)/t7?,9-/m1/s1. The summed E-state index contributed by atoms with van der Waals surface area (Å²) in [5, 5.41) is 14.7. The van der Waals surface area contributed by atoms with Gasteiger partial charge in [0.15, 0.2) is 0 Å². The molecule has 4 N–H and O–H groups in total. The van der Waals surface area contributed by atoms with Crippen LogP contribution in [0.25, 0.3) is 0 Å². The van der Waals surface area contributed by atoms with Crippen LogP contribution in [0.1, 0.15) is 12.1 Å². The molecule has 1 unspecified atom stereocenters. The minimum atomic E-state index is -1.04. The zero-order chi connectivity index (χ0) is 13.0. The Morgan fingerprint density at radius 3 is 3.00 bits per heavy atom. The van der Waals surface area contributed by atoms with Crippen LogP contribution in [-0.2, 0) is 16.0 Å². The lowest BCUT2D eigenvalue weighted by molar-refractivity contribution is -0.142. The summed E-state index contributed by atoms with van der Waals surface area (Å²) in [5.74, 6) is -1.37. The Hall–Kier alpha value is -1.89. The van der Waals surface area contributed by atoms with Gasteiger partial charge in [-0.2, -0.15) is 0 Å². The number of nitrogens with one attached hydrogen (secondary N) is 3. The highest BCUT2D eigenvalue weighted by Crippen LogP contribution is 2.08. The summed E-state index contributed by atoms with van der Waals surface area (Å²) in [6.45, 7) is 1.42. The highest BCUT2D eigenvalue weighted by atomic mass is 16.4. The van der Waals surface area contributed by atoms with Gasteiger partial charge in [-0.25, -0.2) is 9.78 Å². The van der Waals surface area contributed by atoms with Crippen molar-refractivity contribution in [3.8, 4) is 0 Å². The number of aliphatic carboxylic acids is 1. The molecule has 0 radical (unpaired) electrons. The Labute approximate surface area is 104 Å². The van der Waals surface area contributed by atoms with E-state index in [-0.39, 0.29) is 18.2 Å². The van der Waals surface area contributed by atoms with Gasteiger partial charge in [0.2, 0.25) is 5.91 Å². The van der Waals surface area contributed by atoms with Crippen LogP contribution in [0, 0.1) is 5.92 Å². The van der Waals surface area contributed by atoms with E-state index in [1.54, 1.807) is 6.20 Å². The average molecular weight is 252 g/mol. The fourth-order valence-corrected chi connectivity index (χ4v) is 1.98. The van der Waals surface area contributed by atoms with Gasteiger partial charge in [-0.1, -0.05) is 0 Å². The van der Waals surface area contributed by atoms with E-state index in [0.29, 0.717) is 12.2 Å². The van der Waals surface area contributed by atoms with E-state index in [2.05, 4.69) is 20.6 Å². The number of imidazole rings is 1. The van der Waals surface area contributed by atoms with Gasteiger partial charge in [0.25, 0.3) is 0 Å². The van der Waals surface area contributed by atoms with Crippen molar-refractivity contribution in [2.75, 3.05) is 13.1 Å². The lowest BCUT2D eigenvalue weighted by Crippen LogP contribution is -2.45. The molecule has 7 heteroatoms. The van der Waals surface area contributed by atoms with E-state index in [4.69, 9.17) is 5.11 Å². The van der Waals surface area contributed by atoms with E-state index in [9.17, 15) is 9.59 Å². The second-order valence-corrected chi connectivity index (χ2v) is 4.37. The first-order chi connectivity index (χ1) is 8.66. The highest BCUT2D eigenvalue weighted by molar-refractivity contribution is 5.85. The van der Waals surface area contributed by atoms with E-state index in [1.165, 1.54) is 6.33 Å². The molecule has 18 heavy (non-hydrogen) atoms. The molecule has 0 aliphatic carbocycles. The van der Waals surface area contributed by atoms with Crippen molar-refractivity contribution in [2.45, 2.75) is 18.9 Å². The molecule has 1 aliphatic heterocycles. The molecule has 1 aliphatic rings. The number of aromatic nitrogens is 2. The van der Waals surface area contributed by atoms with Crippen molar-refractivity contribution >= 4 is 11.9 Å². The van der Waals surface area contributed by atoms with Crippen molar-refractivity contribution < 1.29 is 14.7 Å². The fourth-order valence-electron chi connectivity index (χ4n) is 1.98. The SMILES string of the molecule is O=C(N[C@H](Cc1cnc[nH]1)C(=O)O)C1CCNC1. The average Bonchev–Trinajstić information content (AvgIpc) is 3.00. The topological polar surface area (TPSA) is 107 Å². The second kappa shape index (κ2) is 5.63. The summed E-state index contributed by atoms with van der Waals surface area (Å²) in [6, 6.07) is -0.918. The van der Waals surface area contributed by atoms with Gasteiger partial charge in [-0.3, -0.25) is 4.79 Å². The number of carboxylic acids is 1. The van der Waals surface area contributed by atoms with Crippen molar-refractivity contribution in [1.29, 1.82) is 0 Å². The molecular formula is C11H16N4O3. The fraction of sp³-hybridized carbons (Fsp3) is 0.545. The number of hydrogen-bond acceptors (Lipinski definition) is 4. The molecule has 0 spiro atoms. The number of amides is 1. The predicted octanol–water partition coefficient (Wildman–Crippen LogP) is -0.869. The third kappa shape index (κ3) is 3.07. The maximum atomic E-state index is 11.8. The lowest BCUT2D eigenvalue weighted by atomic mass is 10.1. The number of carbonyl (C=O) groups excluding carboxylic acids is 1. The number of aromatic amines is 1. The summed E-state index contributed by atoms with van der Waals surface area (Å²) >= 11 is 0. The molecular weight excluding hydrogens is 236 g/mol. The van der Waals surface area contributed by atoms with Gasteiger partial charge in [0.05, 0.1) is 12.2 Å². The minimum Gasteiger partial charge on any atom is -0.480 e. The molecule has 2 atom stereocenters. The largest absolute Gasteiger partial charge is 0.480 e. The van der Waals surface area contributed by atoms with Gasteiger partial charge in [0.1, 0.15) is 6.04 Å². The molecule has 0 saturated carbocycles.